The number of benzene rings is 1. The van der Waals surface area contributed by atoms with E-state index < -0.39 is 17.5 Å². The predicted molar refractivity (Wildman–Crippen MR) is 60.6 cm³/mol. The van der Waals surface area contributed by atoms with E-state index in [0.717, 1.165) is 37.8 Å². The number of ether oxygens (including phenoxy) is 1. The molecule has 0 amide bonds. The summed E-state index contributed by atoms with van der Waals surface area (Å²) in [6, 6.07) is 3.15. The molecule has 5 heteroatoms. The van der Waals surface area contributed by atoms with Crippen molar-refractivity contribution in [3.63, 3.8) is 0 Å². The Kier molecular flexibility index (Phi) is 3.68. The lowest BCUT2D eigenvalue weighted by Gasteiger charge is -2.23. The zero-order chi connectivity index (χ0) is 13.2. The normalized spacial score (nSPS) is 17.7. The first-order valence-corrected chi connectivity index (χ1v) is 6.03. The van der Waals surface area contributed by atoms with E-state index in [1.807, 2.05) is 0 Å². The van der Waals surface area contributed by atoms with Crippen LogP contribution in [0.25, 0.3) is 0 Å². The van der Waals surface area contributed by atoms with E-state index in [0.29, 0.717) is 5.75 Å². The van der Waals surface area contributed by atoms with Crippen LogP contribution < -0.4 is 4.74 Å². The number of aromatic hydroxyl groups is 1. The van der Waals surface area contributed by atoms with Crippen molar-refractivity contribution in [1.82, 2.24) is 0 Å². The third-order valence-corrected chi connectivity index (χ3v) is 3.13. The molecule has 1 saturated carbocycles. The van der Waals surface area contributed by atoms with Gasteiger partial charge in [-0.25, -0.2) is 0 Å². The van der Waals surface area contributed by atoms with Gasteiger partial charge in [0.05, 0.1) is 11.7 Å². The van der Waals surface area contributed by atoms with Crippen LogP contribution in [0.5, 0.6) is 11.5 Å². The van der Waals surface area contributed by atoms with E-state index >= 15 is 0 Å². The molecule has 1 aromatic rings. The molecule has 0 spiro atoms. The van der Waals surface area contributed by atoms with Crippen LogP contribution in [-0.2, 0) is 6.18 Å². The van der Waals surface area contributed by atoms with Crippen molar-refractivity contribution < 1.29 is 23.0 Å². The van der Waals surface area contributed by atoms with Gasteiger partial charge in [0.2, 0.25) is 0 Å². The summed E-state index contributed by atoms with van der Waals surface area (Å²) in [5.74, 6) is -0.483. The molecule has 0 aliphatic heterocycles. The summed E-state index contributed by atoms with van der Waals surface area (Å²) >= 11 is 0. The van der Waals surface area contributed by atoms with Crippen LogP contribution in [0.15, 0.2) is 18.2 Å². The second kappa shape index (κ2) is 5.08. The fourth-order valence-corrected chi connectivity index (χ4v) is 2.20. The Hall–Kier alpha value is -1.39. The molecule has 100 valence electrons. The van der Waals surface area contributed by atoms with Crippen molar-refractivity contribution in [3.8, 4) is 11.5 Å². The number of alkyl halides is 3. The molecule has 1 aromatic carbocycles. The topological polar surface area (TPSA) is 29.5 Å². The Morgan fingerprint density at radius 2 is 1.78 bits per heavy atom. The van der Waals surface area contributed by atoms with Gasteiger partial charge >= 0.3 is 6.18 Å². The first kappa shape index (κ1) is 13.1. The van der Waals surface area contributed by atoms with Crippen molar-refractivity contribution in [3.05, 3.63) is 23.8 Å². The molecule has 0 aromatic heterocycles. The van der Waals surface area contributed by atoms with Crippen molar-refractivity contribution in [2.24, 2.45) is 0 Å². The van der Waals surface area contributed by atoms with Gasteiger partial charge in [-0.15, -0.1) is 0 Å². The fraction of sp³-hybridized carbons (Fsp3) is 0.538. The summed E-state index contributed by atoms with van der Waals surface area (Å²) in [6.45, 7) is 0. The van der Waals surface area contributed by atoms with Crippen molar-refractivity contribution in [2.75, 3.05) is 0 Å². The SMILES string of the molecule is Oc1cc(OC2CCCCC2)ccc1C(F)(F)F. The van der Waals surface area contributed by atoms with E-state index in [-0.39, 0.29) is 6.10 Å². The zero-order valence-electron chi connectivity index (χ0n) is 9.83. The van der Waals surface area contributed by atoms with Gasteiger partial charge in [0, 0.05) is 6.07 Å². The van der Waals surface area contributed by atoms with E-state index in [4.69, 9.17) is 4.74 Å². The van der Waals surface area contributed by atoms with Crippen molar-refractivity contribution in [2.45, 2.75) is 44.4 Å². The quantitative estimate of drug-likeness (QED) is 0.866. The lowest BCUT2D eigenvalue weighted by atomic mass is 9.98. The van der Waals surface area contributed by atoms with Gasteiger partial charge in [0.1, 0.15) is 11.5 Å². The highest BCUT2D eigenvalue weighted by Gasteiger charge is 2.34. The molecule has 1 aliphatic rings. The molecule has 0 unspecified atom stereocenters. The number of halogens is 3. The summed E-state index contributed by atoms with van der Waals surface area (Å²) in [7, 11) is 0. The molecular weight excluding hydrogens is 245 g/mol. The Balaban J connectivity index is 2.08. The molecule has 0 heterocycles. The van der Waals surface area contributed by atoms with Gasteiger partial charge < -0.3 is 9.84 Å². The average molecular weight is 260 g/mol. The molecule has 0 bridgehead atoms. The van der Waals surface area contributed by atoms with Gasteiger partial charge in [-0.3, -0.25) is 0 Å². The van der Waals surface area contributed by atoms with Gasteiger partial charge in [0.25, 0.3) is 0 Å². The van der Waals surface area contributed by atoms with Crippen LogP contribution in [0.1, 0.15) is 37.7 Å². The van der Waals surface area contributed by atoms with Crippen LogP contribution in [0.4, 0.5) is 13.2 Å². The minimum Gasteiger partial charge on any atom is -0.507 e. The second-order valence-electron chi connectivity index (χ2n) is 4.55. The minimum absolute atomic E-state index is 0.0508. The maximum absolute atomic E-state index is 12.4. The summed E-state index contributed by atoms with van der Waals surface area (Å²) in [4.78, 5) is 0. The molecule has 1 aliphatic carbocycles. The molecule has 0 atom stereocenters. The zero-order valence-corrected chi connectivity index (χ0v) is 9.83. The Labute approximate surface area is 103 Å². The monoisotopic (exact) mass is 260 g/mol. The summed E-state index contributed by atoms with van der Waals surface area (Å²) in [5, 5.41) is 9.36. The Morgan fingerprint density at radius 1 is 1.11 bits per heavy atom. The fourth-order valence-electron chi connectivity index (χ4n) is 2.20. The highest BCUT2D eigenvalue weighted by atomic mass is 19.4. The maximum atomic E-state index is 12.4. The average Bonchev–Trinajstić information content (AvgIpc) is 2.28. The molecule has 0 radical (unpaired) electrons. The largest absolute Gasteiger partial charge is 0.507 e. The molecule has 0 saturated heterocycles. The summed E-state index contributed by atoms with van der Waals surface area (Å²) in [6.07, 6.45) is 0.693. The lowest BCUT2D eigenvalue weighted by molar-refractivity contribution is -0.138. The van der Waals surface area contributed by atoms with E-state index in [1.54, 1.807) is 0 Å². The lowest BCUT2D eigenvalue weighted by Crippen LogP contribution is -2.19. The number of rotatable bonds is 2. The van der Waals surface area contributed by atoms with Crippen LogP contribution >= 0.6 is 0 Å². The number of hydrogen-bond donors (Lipinski definition) is 1. The summed E-state index contributed by atoms with van der Waals surface area (Å²) < 4.78 is 42.9. The van der Waals surface area contributed by atoms with Crippen molar-refractivity contribution in [1.29, 1.82) is 0 Å². The molecule has 1 N–H and O–H groups in total. The van der Waals surface area contributed by atoms with Gasteiger partial charge in [-0.1, -0.05) is 6.42 Å². The molecular formula is C13H15F3O2. The predicted octanol–water partition coefficient (Wildman–Crippen LogP) is 4.12. The Morgan fingerprint density at radius 3 is 2.33 bits per heavy atom. The maximum Gasteiger partial charge on any atom is 0.419 e. The van der Waals surface area contributed by atoms with Crippen LogP contribution in [0.3, 0.4) is 0 Å². The third-order valence-electron chi connectivity index (χ3n) is 3.13. The van der Waals surface area contributed by atoms with Crippen LogP contribution in [-0.4, -0.2) is 11.2 Å². The Bertz CT molecular complexity index is 409. The smallest absolute Gasteiger partial charge is 0.419 e. The third kappa shape index (κ3) is 3.09. The first-order chi connectivity index (χ1) is 8.47. The highest BCUT2D eigenvalue weighted by Crippen LogP contribution is 2.37. The highest BCUT2D eigenvalue weighted by molar-refractivity contribution is 5.41. The molecule has 2 nitrogen and oxygen atoms in total. The van der Waals surface area contributed by atoms with Crippen LogP contribution in [0.2, 0.25) is 0 Å². The molecule has 18 heavy (non-hydrogen) atoms. The number of phenolic OH excluding ortho intramolecular Hbond substituents is 1. The van der Waals surface area contributed by atoms with Gasteiger partial charge in [0.15, 0.2) is 0 Å². The first-order valence-electron chi connectivity index (χ1n) is 6.03. The van der Waals surface area contributed by atoms with E-state index in [2.05, 4.69) is 0 Å². The van der Waals surface area contributed by atoms with E-state index in [9.17, 15) is 18.3 Å². The number of hydrogen-bond acceptors (Lipinski definition) is 2. The summed E-state index contributed by atoms with van der Waals surface area (Å²) in [5.41, 5.74) is -1.03. The molecule has 1 fully saturated rings. The second-order valence-corrected chi connectivity index (χ2v) is 4.55. The van der Waals surface area contributed by atoms with Crippen molar-refractivity contribution >= 4 is 0 Å². The molecule has 2 rings (SSSR count). The van der Waals surface area contributed by atoms with Gasteiger partial charge in [-0.2, -0.15) is 13.2 Å². The van der Waals surface area contributed by atoms with Gasteiger partial charge in [-0.05, 0) is 37.8 Å². The minimum atomic E-state index is -4.53. The van der Waals surface area contributed by atoms with E-state index in [1.165, 1.54) is 12.5 Å². The number of phenols is 1. The standard InChI is InChI=1S/C13H15F3O2/c14-13(15,16)11-7-6-10(8-12(11)17)18-9-4-2-1-3-5-9/h6-9,17H,1-5H2. The van der Waals surface area contributed by atoms with Crippen LogP contribution in [0, 0.1) is 0 Å².